The second-order valence-electron chi connectivity index (χ2n) is 4.77. The summed E-state index contributed by atoms with van der Waals surface area (Å²) in [5.74, 6) is 0.383. The van der Waals surface area contributed by atoms with Gasteiger partial charge in [0.05, 0.1) is 26.0 Å². The number of thiazole rings is 1. The van der Waals surface area contributed by atoms with Gasteiger partial charge in [0.1, 0.15) is 5.01 Å². The molecule has 0 bridgehead atoms. The lowest BCUT2D eigenvalue weighted by atomic mass is 9.83. The molecule has 1 aliphatic heterocycles. The number of carbonyl (C=O) groups is 1. The summed E-state index contributed by atoms with van der Waals surface area (Å²) in [7, 11) is 1.42. The average molecular weight is 253 g/mol. The zero-order valence-corrected chi connectivity index (χ0v) is 10.6. The fraction of sp³-hybridized carbons (Fsp3) is 0.667. The molecule has 4 nitrogen and oxygen atoms in total. The summed E-state index contributed by atoms with van der Waals surface area (Å²) in [6, 6.07) is 0. The normalized spacial score (nSPS) is 22.6. The summed E-state index contributed by atoms with van der Waals surface area (Å²) in [6.07, 6.45) is 3.75. The van der Waals surface area contributed by atoms with Gasteiger partial charge in [0.2, 0.25) is 0 Å². The smallest absolute Gasteiger partial charge is 0.323 e. The Morgan fingerprint density at radius 2 is 2.35 bits per heavy atom. The zero-order chi connectivity index (χ0) is 11.9. The molecular weight excluding hydrogens is 238 g/mol. The van der Waals surface area contributed by atoms with Crippen molar-refractivity contribution in [1.29, 1.82) is 0 Å². The number of carbonyl (C=O) groups excluding carboxylic acids is 1. The van der Waals surface area contributed by atoms with E-state index < -0.39 is 5.41 Å². The molecule has 92 valence electrons. The molecule has 0 N–H and O–H groups in total. The summed E-state index contributed by atoms with van der Waals surface area (Å²) >= 11 is 1.56. The Labute approximate surface area is 104 Å². The van der Waals surface area contributed by atoms with E-state index in [4.69, 9.17) is 9.47 Å². The molecule has 1 aromatic heterocycles. The van der Waals surface area contributed by atoms with Crippen LogP contribution >= 0.6 is 11.3 Å². The highest BCUT2D eigenvalue weighted by Gasteiger charge is 2.51. The van der Waals surface area contributed by atoms with E-state index in [9.17, 15) is 4.79 Å². The molecule has 2 heterocycles. The van der Waals surface area contributed by atoms with Gasteiger partial charge in [-0.3, -0.25) is 4.79 Å². The number of hydrogen-bond acceptors (Lipinski definition) is 5. The molecule has 0 aromatic carbocycles. The number of aromatic nitrogens is 1. The van der Waals surface area contributed by atoms with Crippen LogP contribution in [0.4, 0.5) is 0 Å². The maximum Gasteiger partial charge on any atom is 0.323 e. The largest absolute Gasteiger partial charge is 0.468 e. The van der Waals surface area contributed by atoms with Crippen molar-refractivity contribution in [3.63, 3.8) is 0 Å². The minimum Gasteiger partial charge on any atom is -0.468 e. The predicted molar refractivity (Wildman–Crippen MR) is 63.2 cm³/mol. The molecule has 1 aliphatic carbocycles. The molecule has 0 spiro atoms. The summed E-state index contributed by atoms with van der Waals surface area (Å²) in [5, 5.41) is 2.94. The van der Waals surface area contributed by atoms with Crippen LogP contribution in [-0.2, 0) is 19.7 Å². The van der Waals surface area contributed by atoms with Gasteiger partial charge in [-0.2, -0.15) is 0 Å². The van der Waals surface area contributed by atoms with Crippen molar-refractivity contribution >= 4 is 17.3 Å². The monoisotopic (exact) mass is 253 g/mol. The Morgan fingerprint density at radius 1 is 1.59 bits per heavy atom. The van der Waals surface area contributed by atoms with Crippen LogP contribution in [0.5, 0.6) is 0 Å². The van der Waals surface area contributed by atoms with Gasteiger partial charge in [0.25, 0.3) is 0 Å². The number of ether oxygens (including phenoxy) is 2. The first kappa shape index (κ1) is 11.2. The van der Waals surface area contributed by atoms with Gasteiger partial charge >= 0.3 is 5.97 Å². The topological polar surface area (TPSA) is 48.4 Å². The van der Waals surface area contributed by atoms with E-state index in [1.54, 1.807) is 11.3 Å². The fourth-order valence-electron chi connectivity index (χ4n) is 2.23. The molecule has 1 saturated heterocycles. The molecule has 17 heavy (non-hydrogen) atoms. The summed E-state index contributed by atoms with van der Waals surface area (Å²) in [4.78, 5) is 16.5. The Morgan fingerprint density at radius 3 is 2.82 bits per heavy atom. The van der Waals surface area contributed by atoms with E-state index in [0.717, 1.165) is 10.7 Å². The van der Waals surface area contributed by atoms with Crippen LogP contribution < -0.4 is 0 Å². The van der Waals surface area contributed by atoms with E-state index >= 15 is 0 Å². The second-order valence-corrected chi connectivity index (χ2v) is 5.63. The van der Waals surface area contributed by atoms with Gasteiger partial charge in [0, 0.05) is 11.3 Å². The number of methoxy groups -OCH3 is 1. The van der Waals surface area contributed by atoms with Crippen LogP contribution in [0.1, 0.15) is 35.9 Å². The van der Waals surface area contributed by atoms with Gasteiger partial charge < -0.3 is 9.47 Å². The Hall–Kier alpha value is -0.940. The van der Waals surface area contributed by atoms with Crippen molar-refractivity contribution in [3.05, 3.63) is 16.1 Å². The summed E-state index contributed by atoms with van der Waals surface area (Å²) < 4.78 is 10.1. The Balaban J connectivity index is 1.86. The maximum absolute atomic E-state index is 11.8. The third-order valence-corrected chi connectivity index (χ3v) is 4.79. The molecule has 5 heteroatoms. The van der Waals surface area contributed by atoms with Gasteiger partial charge in [0.15, 0.2) is 5.41 Å². The SMILES string of the molecule is COC(=O)C1(c2nc(C3CCC3)cs2)COC1. The highest BCUT2D eigenvalue weighted by Crippen LogP contribution is 2.40. The van der Waals surface area contributed by atoms with Crippen LogP contribution in [0.2, 0.25) is 0 Å². The van der Waals surface area contributed by atoms with E-state index in [1.165, 1.54) is 26.4 Å². The third-order valence-electron chi connectivity index (χ3n) is 3.73. The first-order valence-corrected chi connectivity index (χ1v) is 6.76. The van der Waals surface area contributed by atoms with Gasteiger partial charge in [-0.05, 0) is 12.8 Å². The van der Waals surface area contributed by atoms with Crippen LogP contribution in [0, 0.1) is 0 Å². The number of hydrogen-bond donors (Lipinski definition) is 0. The second kappa shape index (κ2) is 4.07. The molecule has 0 amide bonds. The van der Waals surface area contributed by atoms with Crippen molar-refractivity contribution in [3.8, 4) is 0 Å². The van der Waals surface area contributed by atoms with Crippen molar-refractivity contribution in [2.45, 2.75) is 30.6 Å². The van der Waals surface area contributed by atoms with Crippen LogP contribution in [0.25, 0.3) is 0 Å². The first-order valence-electron chi connectivity index (χ1n) is 5.88. The lowest BCUT2D eigenvalue weighted by Crippen LogP contribution is -2.53. The van der Waals surface area contributed by atoms with E-state index in [2.05, 4.69) is 10.4 Å². The minimum atomic E-state index is -0.624. The van der Waals surface area contributed by atoms with E-state index in [1.807, 2.05) is 0 Å². The highest BCUT2D eigenvalue weighted by molar-refractivity contribution is 7.10. The average Bonchev–Trinajstić information content (AvgIpc) is 2.62. The number of nitrogens with zero attached hydrogens (tertiary/aromatic N) is 1. The first-order chi connectivity index (χ1) is 8.26. The molecule has 0 unspecified atom stereocenters. The lowest BCUT2D eigenvalue weighted by Gasteiger charge is -2.36. The predicted octanol–water partition coefficient (Wildman–Crippen LogP) is 1.85. The fourth-order valence-corrected chi connectivity index (χ4v) is 3.29. The van der Waals surface area contributed by atoms with Gasteiger partial charge in [-0.25, -0.2) is 4.98 Å². The van der Waals surface area contributed by atoms with Gasteiger partial charge in [-0.1, -0.05) is 6.42 Å². The molecule has 2 aliphatic rings. The number of esters is 1. The van der Waals surface area contributed by atoms with Crippen molar-refractivity contribution in [2.75, 3.05) is 20.3 Å². The lowest BCUT2D eigenvalue weighted by molar-refractivity contribution is -0.166. The zero-order valence-electron chi connectivity index (χ0n) is 9.77. The quantitative estimate of drug-likeness (QED) is 0.771. The molecule has 0 atom stereocenters. The Kier molecular flexibility index (Phi) is 2.67. The summed E-state index contributed by atoms with van der Waals surface area (Å²) in [5.41, 5.74) is 0.521. The molecule has 0 radical (unpaired) electrons. The molecule has 2 fully saturated rings. The van der Waals surface area contributed by atoms with E-state index in [0.29, 0.717) is 19.1 Å². The van der Waals surface area contributed by atoms with Crippen LogP contribution in [0.15, 0.2) is 5.38 Å². The van der Waals surface area contributed by atoms with Gasteiger partial charge in [-0.15, -0.1) is 11.3 Å². The minimum absolute atomic E-state index is 0.224. The third kappa shape index (κ3) is 1.60. The molecule has 1 saturated carbocycles. The van der Waals surface area contributed by atoms with Crippen molar-refractivity contribution < 1.29 is 14.3 Å². The van der Waals surface area contributed by atoms with Crippen LogP contribution in [0.3, 0.4) is 0 Å². The molecule has 3 rings (SSSR count). The maximum atomic E-state index is 11.8. The summed E-state index contributed by atoms with van der Waals surface area (Å²) in [6.45, 7) is 0.800. The van der Waals surface area contributed by atoms with Crippen LogP contribution in [-0.4, -0.2) is 31.3 Å². The standard InChI is InChI=1S/C12H15NO3S/c1-15-11(14)12(6-16-7-12)10-13-9(5-17-10)8-3-2-4-8/h5,8H,2-4,6-7H2,1H3. The van der Waals surface area contributed by atoms with E-state index in [-0.39, 0.29) is 5.97 Å². The molecular formula is C12H15NO3S. The van der Waals surface area contributed by atoms with Crippen molar-refractivity contribution in [1.82, 2.24) is 4.98 Å². The highest BCUT2D eigenvalue weighted by atomic mass is 32.1. The number of rotatable bonds is 3. The molecule has 1 aromatic rings. The Bertz CT molecular complexity index is 435. The van der Waals surface area contributed by atoms with Crippen molar-refractivity contribution in [2.24, 2.45) is 0 Å².